The van der Waals surface area contributed by atoms with Crippen LogP contribution < -0.4 is 10.4 Å². The summed E-state index contributed by atoms with van der Waals surface area (Å²) in [5.41, 5.74) is 3.15. The molecule has 1 amide bonds. The minimum Gasteiger partial charge on any atom is -0.399 e. The van der Waals surface area contributed by atoms with Crippen molar-refractivity contribution in [2.45, 2.75) is 59.2 Å². The van der Waals surface area contributed by atoms with E-state index in [0.29, 0.717) is 6.42 Å². The zero-order valence-corrected chi connectivity index (χ0v) is 18.2. The first-order chi connectivity index (χ1) is 13.5. The van der Waals surface area contributed by atoms with E-state index in [0.717, 1.165) is 28.8 Å². The summed E-state index contributed by atoms with van der Waals surface area (Å²) in [7, 11) is -0.434. The highest BCUT2D eigenvalue weighted by molar-refractivity contribution is 6.62. The summed E-state index contributed by atoms with van der Waals surface area (Å²) in [6.45, 7) is 13.2. The van der Waals surface area contributed by atoms with E-state index in [4.69, 9.17) is 9.31 Å². The van der Waals surface area contributed by atoms with Crippen LogP contribution in [0, 0.1) is 5.41 Å². The Morgan fingerprint density at radius 3 is 2.10 bits per heavy atom. The van der Waals surface area contributed by atoms with Crippen molar-refractivity contribution < 1.29 is 14.1 Å². The van der Waals surface area contributed by atoms with Crippen molar-refractivity contribution in [3.8, 4) is 11.1 Å². The second kappa shape index (κ2) is 6.68. The standard InChI is InChI=1S/C23H29BN2O3/c1-21(2)12-20(27)26(15-21)19-9-7-16(8-10-19)17-11-18(14-25-13-17)24-28-22(3,4)23(5,6)29-24/h7-11,13-14H,12,15H2,1-6H3. The maximum atomic E-state index is 12.3. The number of pyridine rings is 1. The number of carbonyl (C=O) groups excluding carboxylic acids is 1. The molecule has 1 aromatic carbocycles. The molecule has 0 bridgehead atoms. The van der Waals surface area contributed by atoms with Crippen molar-refractivity contribution in [2.75, 3.05) is 11.4 Å². The van der Waals surface area contributed by atoms with Gasteiger partial charge in [0.25, 0.3) is 0 Å². The van der Waals surface area contributed by atoms with Crippen molar-refractivity contribution in [3.63, 3.8) is 0 Å². The molecule has 5 nitrogen and oxygen atoms in total. The molecule has 152 valence electrons. The van der Waals surface area contributed by atoms with Crippen molar-refractivity contribution in [1.82, 2.24) is 4.98 Å². The lowest BCUT2D eigenvalue weighted by molar-refractivity contribution is -0.117. The van der Waals surface area contributed by atoms with Crippen molar-refractivity contribution in [3.05, 3.63) is 42.7 Å². The molecule has 2 aliphatic rings. The van der Waals surface area contributed by atoms with E-state index in [9.17, 15) is 4.79 Å². The lowest BCUT2D eigenvalue weighted by atomic mass is 9.79. The number of amides is 1. The summed E-state index contributed by atoms with van der Waals surface area (Å²) in [6, 6.07) is 10.2. The summed E-state index contributed by atoms with van der Waals surface area (Å²) in [4.78, 5) is 18.6. The summed E-state index contributed by atoms with van der Waals surface area (Å²) < 4.78 is 12.3. The third-order valence-corrected chi connectivity index (χ3v) is 6.31. The van der Waals surface area contributed by atoms with Crippen LogP contribution in [-0.4, -0.2) is 35.8 Å². The molecular weight excluding hydrogens is 363 g/mol. The molecule has 4 rings (SSSR count). The van der Waals surface area contributed by atoms with Crippen LogP contribution in [-0.2, 0) is 14.1 Å². The molecule has 0 atom stereocenters. The van der Waals surface area contributed by atoms with E-state index in [1.54, 1.807) is 6.20 Å². The van der Waals surface area contributed by atoms with Gasteiger partial charge in [-0.15, -0.1) is 0 Å². The van der Waals surface area contributed by atoms with Crippen molar-refractivity contribution >= 4 is 24.2 Å². The Morgan fingerprint density at radius 1 is 0.931 bits per heavy atom. The lowest BCUT2D eigenvalue weighted by Crippen LogP contribution is -2.41. The molecular formula is C23H29BN2O3. The Morgan fingerprint density at radius 2 is 1.55 bits per heavy atom. The van der Waals surface area contributed by atoms with E-state index < -0.39 is 7.12 Å². The van der Waals surface area contributed by atoms with Gasteiger partial charge in [-0.2, -0.15) is 0 Å². The fourth-order valence-electron chi connectivity index (χ4n) is 3.87. The lowest BCUT2D eigenvalue weighted by Gasteiger charge is -2.32. The molecule has 0 N–H and O–H groups in total. The monoisotopic (exact) mass is 392 g/mol. The van der Waals surface area contributed by atoms with Crippen LogP contribution in [0.25, 0.3) is 11.1 Å². The normalized spacial score (nSPS) is 22.3. The second-order valence-corrected chi connectivity index (χ2v) is 9.96. The molecule has 29 heavy (non-hydrogen) atoms. The minimum absolute atomic E-state index is 0.0246. The summed E-state index contributed by atoms with van der Waals surface area (Å²) in [5.74, 6) is 0.187. The number of nitrogens with zero attached hydrogens (tertiary/aromatic N) is 2. The van der Waals surface area contributed by atoms with Gasteiger partial charge in [-0.3, -0.25) is 9.78 Å². The predicted octanol–water partition coefficient (Wildman–Crippen LogP) is 3.81. The zero-order valence-electron chi connectivity index (χ0n) is 18.2. The summed E-state index contributed by atoms with van der Waals surface area (Å²) >= 11 is 0. The number of hydrogen-bond acceptors (Lipinski definition) is 4. The average Bonchev–Trinajstić information content (AvgIpc) is 3.05. The van der Waals surface area contributed by atoms with Gasteiger partial charge in [-0.05, 0) is 56.4 Å². The topological polar surface area (TPSA) is 51.7 Å². The van der Waals surface area contributed by atoms with Gasteiger partial charge in [0.05, 0.1) is 11.2 Å². The highest BCUT2D eigenvalue weighted by atomic mass is 16.7. The number of carbonyl (C=O) groups is 1. The van der Waals surface area contributed by atoms with Crippen LogP contribution in [0.4, 0.5) is 5.69 Å². The molecule has 2 saturated heterocycles. The Labute approximate surface area is 173 Å². The quantitative estimate of drug-likeness (QED) is 0.746. The SMILES string of the molecule is CC1(C)CC(=O)N(c2ccc(-c3cncc(B4OC(C)(C)C(C)(C)O4)c3)cc2)C1. The third kappa shape index (κ3) is 3.71. The van der Waals surface area contributed by atoms with Crippen molar-refractivity contribution in [2.24, 2.45) is 5.41 Å². The molecule has 0 radical (unpaired) electrons. The minimum atomic E-state index is -0.434. The number of aromatic nitrogens is 1. The second-order valence-electron chi connectivity index (χ2n) is 9.96. The van der Waals surface area contributed by atoms with Crippen molar-refractivity contribution in [1.29, 1.82) is 0 Å². The smallest absolute Gasteiger partial charge is 0.399 e. The number of rotatable bonds is 3. The predicted molar refractivity (Wildman–Crippen MR) is 116 cm³/mol. The van der Waals surface area contributed by atoms with Gasteiger partial charge >= 0.3 is 7.12 Å². The van der Waals surface area contributed by atoms with E-state index >= 15 is 0 Å². The van der Waals surface area contributed by atoms with E-state index in [-0.39, 0.29) is 22.5 Å². The Hall–Kier alpha value is -2.18. The van der Waals surface area contributed by atoms with Crippen LogP contribution in [0.5, 0.6) is 0 Å². The van der Waals surface area contributed by atoms with Gasteiger partial charge in [-0.1, -0.05) is 32.0 Å². The molecule has 6 heteroatoms. The van der Waals surface area contributed by atoms with E-state index in [2.05, 4.69) is 24.9 Å². The fraction of sp³-hybridized carbons (Fsp3) is 0.478. The highest BCUT2D eigenvalue weighted by Crippen LogP contribution is 2.37. The van der Waals surface area contributed by atoms with Gasteiger partial charge in [0.15, 0.2) is 0 Å². The molecule has 0 spiro atoms. The Bertz CT molecular complexity index is 921. The number of anilines is 1. The third-order valence-electron chi connectivity index (χ3n) is 6.31. The molecule has 3 heterocycles. The van der Waals surface area contributed by atoms with E-state index in [1.807, 2.05) is 63.1 Å². The van der Waals surface area contributed by atoms with Crippen LogP contribution in [0.1, 0.15) is 48.0 Å². The van der Waals surface area contributed by atoms with Crippen LogP contribution in [0.15, 0.2) is 42.7 Å². The van der Waals surface area contributed by atoms with Crippen LogP contribution in [0.2, 0.25) is 0 Å². The first-order valence-electron chi connectivity index (χ1n) is 10.2. The Kier molecular flexibility index (Phi) is 4.63. The van der Waals surface area contributed by atoms with Gasteiger partial charge in [0, 0.05) is 36.5 Å². The van der Waals surface area contributed by atoms with Gasteiger partial charge in [0.1, 0.15) is 0 Å². The molecule has 2 aliphatic heterocycles. The number of benzene rings is 1. The zero-order chi connectivity index (χ0) is 21.0. The molecule has 1 aromatic heterocycles. The first-order valence-corrected chi connectivity index (χ1v) is 10.2. The van der Waals surface area contributed by atoms with Crippen LogP contribution >= 0.6 is 0 Å². The maximum absolute atomic E-state index is 12.3. The fourth-order valence-corrected chi connectivity index (χ4v) is 3.87. The summed E-state index contributed by atoms with van der Waals surface area (Å²) in [5, 5.41) is 0. The van der Waals surface area contributed by atoms with Crippen LogP contribution in [0.3, 0.4) is 0 Å². The molecule has 2 aromatic rings. The average molecular weight is 392 g/mol. The van der Waals surface area contributed by atoms with Gasteiger partial charge < -0.3 is 14.2 Å². The maximum Gasteiger partial charge on any atom is 0.496 e. The summed E-state index contributed by atoms with van der Waals surface area (Å²) in [6.07, 6.45) is 4.23. The molecule has 0 aliphatic carbocycles. The van der Waals surface area contributed by atoms with Gasteiger partial charge in [-0.25, -0.2) is 0 Å². The highest BCUT2D eigenvalue weighted by Gasteiger charge is 2.51. The van der Waals surface area contributed by atoms with Gasteiger partial charge in [0.2, 0.25) is 5.91 Å². The Balaban J connectivity index is 1.56. The van der Waals surface area contributed by atoms with E-state index in [1.165, 1.54) is 0 Å². The first kappa shape index (κ1) is 20.1. The molecule has 0 unspecified atom stereocenters. The number of hydrogen-bond donors (Lipinski definition) is 0. The molecule has 2 fully saturated rings. The largest absolute Gasteiger partial charge is 0.496 e. The molecule has 0 saturated carbocycles.